The first-order chi connectivity index (χ1) is 19.8. The van der Waals surface area contributed by atoms with Crippen molar-refractivity contribution in [3.63, 3.8) is 0 Å². The average Bonchev–Trinajstić information content (AvgIpc) is 3.33. The zero-order valence-electron chi connectivity index (χ0n) is 23.6. The number of nitrogens with zero attached hydrogens (tertiary/aromatic N) is 6. The molecule has 10 heteroatoms. The highest BCUT2D eigenvalue weighted by Gasteiger charge is 2.33. The molecule has 3 aliphatic rings. The van der Waals surface area contributed by atoms with Gasteiger partial charge in [-0.15, -0.1) is 0 Å². The minimum absolute atomic E-state index is 0.0568. The van der Waals surface area contributed by atoms with Crippen molar-refractivity contribution in [2.75, 3.05) is 68.8 Å². The summed E-state index contributed by atoms with van der Waals surface area (Å²) in [5, 5.41) is 12.5. The van der Waals surface area contributed by atoms with Gasteiger partial charge in [0.25, 0.3) is 0 Å². The number of rotatable bonds is 7. The maximum Gasteiger partial charge on any atom is 0.318 e. The number of hydrogen-bond donors (Lipinski definition) is 1. The minimum atomic E-state index is -1.15. The SMILES string of the molecule is C=CC(=O)N1CCN(c2nc(OCCN3CCC(C)(F)C3)nc3c2CCN(c2cc(O)cc4ccccc24)C3)CC1. The van der Waals surface area contributed by atoms with Crippen molar-refractivity contribution in [2.45, 2.75) is 32.0 Å². The van der Waals surface area contributed by atoms with E-state index in [0.29, 0.717) is 71.4 Å². The van der Waals surface area contributed by atoms with Crippen LogP contribution in [0, 0.1) is 0 Å². The Hall–Kier alpha value is -3.92. The van der Waals surface area contributed by atoms with E-state index < -0.39 is 5.67 Å². The van der Waals surface area contributed by atoms with Crippen LogP contribution in [0.4, 0.5) is 15.9 Å². The molecule has 4 heterocycles. The van der Waals surface area contributed by atoms with Crippen molar-refractivity contribution in [3.05, 3.63) is 60.3 Å². The number of carbonyl (C=O) groups excluding carboxylic acids is 1. The van der Waals surface area contributed by atoms with Crippen LogP contribution in [0.3, 0.4) is 0 Å². The summed E-state index contributed by atoms with van der Waals surface area (Å²) in [5.74, 6) is 1.03. The molecular weight excluding hydrogens is 523 g/mol. The molecule has 1 unspecified atom stereocenters. The molecule has 2 saturated heterocycles. The Morgan fingerprint density at radius 3 is 2.68 bits per heavy atom. The maximum atomic E-state index is 14.3. The quantitative estimate of drug-likeness (QED) is 0.440. The van der Waals surface area contributed by atoms with Crippen LogP contribution < -0.4 is 14.5 Å². The first kappa shape index (κ1) is 27.3. The molecule has 3 aliphatic heterocycles. The fraction of sp³-hybridized carbons (Fsp3) is 0.452. The third-order valence-electron chi connectivity index (χ3n) is 8.39. The monoisotopic (exact) mass is 560 g/mol. The number of anilines is 2. The normalized spacial score (nSPS) is 21.3. The number of phenols is 1. The maximum absolute atomic E-state index is 14.3. The van der Waals surface area contributed by atoms with Gasteiger partial charge in [0.1, 0.15) is 23.8 Å². The number of aromatic hydroxyl groups is 1. The van der Waals surface area contributed by atoms with Crippen LogP contribution in [0.5, 0.6) is 11.8 Å². The first-order valence-electron chi connectivity index (χ1n) is 14.4. The number of benzene rings is 2. The van der Waals surface area contributed by atoms with E-state index in [0.717, 1.165) is 46.5 Å². The number of likely N-dealkylation sites (tertiary alicyclic amines) is 1. The van der Waals surface area contributed by atoms with Crippen molar-refractivity contribution < 1.29 is 19.0 Å². The summed E-state index contributed by atoms with van der Waals surface area (Å²) in [5.41, 5.74) is 1.80. The number of amides is 1. The lowest BCUT2D eigenvalue weighted by molar-refractivity contribution is -0.126. The number of alkyl halides is 1. The molecule has 216 valence electrons. The number of fused-ring (bicyclic) bond motifs is 2. The molecular formula is C31H37FN6O3. The number of phenolic OH excluding ortho intramolecular Hbond substituents is 1. The Balaban J connectivity index is 1.27. The standard InChI is InChI=1S/C31H37FN6O3/c1-3-28(40)36-12-14-37(15-13-36)29-25-8-10-38(27-19-23(39)18-22-6-4-5-7-24(22)27)20-26(25)33-30(34-29)41-17-16-35-11-9-31(2,32)21-35/h3-7,18-19,39H,1,8-17,20-21H2,2H3. The summed E-state index contributed by atoms with van der Waals surface area (Å²) >= 11 is 0. The summed E-state index contributed by atoms with van der Waals surface area (Å²) in [7, 11) is 0. The Morgan fingerprint density at radius 2 is 1.93 bits per heavy atom. The molecule has 0 spiro atoms. The number of halogens is 1. The number of aromatic nitrogens is 2. The van der Waals surface area contributed by atoms with E-state index in [1.165, 1.54) is 6.08 Å². The lowest BCUT2D eigenvalue weighted by Gasteiger charge is -2.38. The number of piperazine rings is 1. The molecule has 41 heavy (non-hydrogen) atoms. The summed E-state index contributed by atoms with van der Waals surface area (Å²) < 4.78 is 20.4. The molecule has 2 fully saturated rings. The summed E-state index contributed by atoms with van der Waals surface area (Å²) in [6.45, 7) is 11.2. The van der Waals surface area contributed by atoms with Gasteiger partial charge in [-0.25, -0.2) is 4.39 Å². The Kier molecular flexibility index (Phi) is 7.42. The molecule has 1 atom stereocenters. The smallest absolute Gasteiger partial charge is 0.318 e. The molecule has 9 nitrogen and oxygen atoms in total. The zero-order chi connectivity index (χ0) is 28.6. The largest absolute Gasteiger partial charge is 0.508 e. The molecule has 6 rings (SSSR count). The lowest BCUT2D eigenvalue weighted by atomic mass is 10.0. The van der Waals surface area contributed by atoms with Crippen LogP contribution >= 0.6 is 0 Å². The van der Waals surface area contributed by atoms with E-state index >= 15 is 0 Å². The highest BCUT2D eigenvalue weighted by Crippen LogP contribution is 2.36. The molecule has 0 bridgehead atoms. The molecule has 1 aromatic heterocycles. The molecule has 1 amide bonds. The van der Waals surface area contributed by atoms with Crippen molar-refractivity contribution in [3.8, 4) is 11.8 Å². The summed E-state index contributed by atoms with van der Waals surface area (Å²) in [6, 6.07) is 12.0. The van der Waals surface area contributed by atoms with Gasteiger partial charge in [-0.3, -0.25) is 9.69 Å². The van der Waals surface area contributed by atoms with E-state index in [9.17, 15) is 14.3 Å². The molecule has 0 radical (unpaired) electrons. The van der Waals surface area contributed by atoms with Gasteiger partial charge >= 0.3 is 6.01 Å². The summed E-state index contributed by atoms with van der Waals surface area (Å²) in [4.78, 5) is 30.2. The van der Waals surface area contributed by atoms with Crippen LogP contribution in [0.2, 0.25) is 0 Å². The van der Waals surface area contributed by atoms with Crippen molar-refractivity contribution >= 4 is 28.2 Å². The number of hydrogen-bond acceptors (Lipinski definition) is 8. The second-order valence-corrected chi connectivity index (χ2v) is 11.4. The average molecular weight is 561 g/mol. The lowest BCUT2D eigenvalue weighted by Crippen LogP contribution is -2.49. The predicted molar refractivity (Wildman–Crippen MR) is 157 cm³/mol. The Morgan fingerprint density at radius 1 is 1.12 bits per heavy atom. The van der Waals surface area contributed by atoms with Gasteiger partial charge < -0.3 is 24.5 Å². The molecule has 1 N–H and O–H groups in total. The van der Waals surface area contributed by atoms with Crippen LogP contribution in [-0.2, 0) is 17.8 Å². The fourth-order valence-corrected chi connectivity index (χ4v) is 6.20. The predicted octanol–water partition coefficient (Wildman–Crippen LogP) is 3.55. The van der Waals surface area contributed by atoms with E-state index in [1.54, 1.807) is 17.9 Å². The van der Waals surface area contributed by atoms with Crippen LogP contribution in [0.1, 0.15) is 24.6 Å². The van der Waals surface area contributed by atoms with E-state index in [1.807, 2.05) is 24.3 Å². The van der Waals surface area contributed by atoms with Gasteiger partial charge in [0.2, 0.25) is 5.91 Å². The van der Waals surface area contributed by atoms with E-state index in [-0.39, 0.29) is 11.7 Å². The van der Waals surface area contributed by atoms with Gasteiger partial charge in [0, 0.05) is 75.1 Å². The topological polar surface area (TPSA) is 85.3 Å². The van der Waals surface area contributed by atoms with E-state index in [4.69, 9.17) is 14.7 Å². The first-order valence-corrected chi connectivity index (χ1v) is 14.4. The minimum Gasteiger partial charge on any atom is -0.508 e. The van der Waals surface area contributed by atoms with Gasteiger partial charge in [0.15, 0.2) is 0 Å². The van der Waals surface area contributed by atoms with Crippen molar-refractivity contribution in [1.29, 1.82) is 0 Å². The van der Waals surface area contributed by atoms with Crippen LogP contribution in [0.25, 0.3) is 10.8 Å². The van der Waals surface area contributed by atoms with E-state index in [2.05, 4.69) is 27.3 Å². The van der Waals surface area contributed by atoms with Gasteiger partial charge in [-0.1, -0.05) is 30.8 Å². The second-order valence-electron chi connectivity index (χ2n) is 11.4. The number of carbonyl (C=O) groups is 1. The molecule has 0 saturated carbocycles. The van der Waals surface area contributed by atoms with Gasteiger partial charge in [-0.2, -0.15) is 9.97 Å². The van der Waals surface area contributed by atoms with Crippen molar-refractivity contribution in [2.24, 2.45) is 0 Å². The van der Waals surface area contributed by atoms with Crippen LogP contribution in [0.15, 0.2) is 49.1 Å². The molecule has 2 aromatic carbocycles. The molecule has 0 aliphatic carbocycles. The number of ether oxygens (including phenoxy) is 1. The zero-order valence-corrected chi connectivity index (χ0v) is 23.6. The van der Waals surface area contributed by atoms with Crippen LogP contribution in [-0.4, -0.2) is 95.4 Å². The fourth-order valence-electron chi connectivity index (χ4n) is 6.20. The highest BCUT2D eigenvalue weighted by molar-refractivity contribution is 5.95. The van der Waals surface area contributed by atoms with Gasteiger partial charge in [0.05, 0.1) is 12.2 Å². The van der Waals surface area contributed by atoms with Crippen molar-refractivity contribution in [1.82, 2.24) is 19.8 Å². The Bertz CT molecular complexity index is 1460. The third-order valence-corrected chi connectivity index (χ3v) is 8.39. The molecule has 3 aromatic rings. The van der Waals surface area contributed by atoms with Gasteiger partial charge in [-0.05, 0) is 37.3 Å². The second kappa shape index (κ2) is 11.2. The highest BCUT2D eigenvalue weighted by atomic mass is 19.1. The Labute approximate surface area is 239 Å². The summed E-state index contributed by atoms with van der Waals surface area (Å²) in [6.07, 6.45) is 2.63. The third kappa shape index (κ3) is 5.79.